The summed E-state index contributed by atoms with van der Waals surface area (Å²) in [6.45, 7) is 7.15. The number of aromatic nitrogens is 1. The van der Waals surface area contributed by atoms with E-state index in [4.69, 9.17) is 9.26 Å². The fraction of sp³-hybridized carbons (Fsp3) is 0.455. The number of carbonyl (C=O) groups excluding carboxylic acids is 1. The van der Waals surface area contributed by atoms with E-state index in [9.17, 15) is 9.90 Å². The van der Waals surface area contributed by atoms with E-state index in [2.05, 4.69) is 11.7 Å². The van der Waals surface area contributed by atoms with Gasteiger partial charge in [-0.05, 0) is 20.3 Å². The SMILES string of the molecule is C=CC[C@@H](O)c1onc(C(=O)OCC)c1C. The van der Waals surface area contributed by atoms with E-state index < -0.39 is 12.1 Å². The molecule has 0 spiro atoms. The number of aliphatic hydroxyl groups is 1. The quantitative estimate of drug-likeness (QED) is 0.610. The van der Waals surface area contributed by atoms with Crippen LogP contribution in [0.1, 0.15) is 41.3 Å². The molecule has 0 saturated carbocycles. The van der Waals surface area contributed by atoms with Crippen molar-refractivity contribution in [2.24, 2.45) is 0 Å². The van der Waals surface area contributed by atoms with E-state index in [1.807, 2.05) is 0 Å². The average Bonchev–Trinajstić information content (AvgIpc) is 2.61. The highest BCUT2D eigenvalue weighted by atomic mass is 16.5. The van der Waals surface area contributed by atoms with Gasteiger partial charge in [-0.25, -0.2) is 4.79 Å². The Labute approximate surface area is 93.7 Å². The van der Waals surface area contributed by atoms with E-state index in [1.165, 1.54) is 0 Å². The first-order valence-corrected chi connectivity index (χ1v) is 5.04. The van der Waals surface area contributed by atoms with E-state index in [-0.39, 0.29) is 18.1 Å². The summed E-state index contributed by atoms with van der Waals surface area (Å²) in [5.74, 6) is -0.260. The largest absolute Gasteiger partial charge is 0.461 e. The maximum atomic E-state index is 11.4. The molecule has 0 unspecified atom stereocenters. The number of carbonyl (C=O) groups is 1. The summed E-state index contributed by atoms with van der Waals surface area (Å²) in [6.07, 6.45) is 1.09. The highest BCUT2D eigenvalue weighted by molar-refractivity contribution is 5.88. The van der Waals surface area contributed by atoms with Crippen molar-refractivity contribution in [3.8, 4) is 0 Å². The first-order valence-electron chi connectivity index (χ1n) is 5.04. The molecule has 1 aromatic heterocycles. The molecule has 0 aromatic carbocycles. The minimum absolute atomic E-state index is 0.111. The van der Waals surface area contributed by atoms with Crippen molar-refractivity contribution < 1.29 is 19.2 Å². The number of nitrogens with zero attached hydrogens (tertiary/aromatic N) is 1. The highest BCUT2D eigenvalue weighted by Crippen LogP contribution is 2.23. The molecule has 5 heteroatoms. The molecule has 5 nitrogen and oxygen atoms in total. The van der Waals surface area contributed by atoms with Crippen LogP contribution in [0, 0.1) is 6.92 Å². The molecule has 0 bridgehead atoms. The Morgan fingerprint density at radius 1 is 1.75 bits per heavy atom. The van der Waals surface area contributed by atoms with E-state index in [1.54, 1.807) is 19.9 Å². The molecule has 0 saturated heterocycles. The van der Waals surface area contributed by atoms with Crippen LogP contribution in [0.3, 0.4) is 0 Å². The van der Waals surface area contributed by atoms with Crippen LogP contribution in [-0.2, 0) is 4.74 Å². The molecular weight excluding hydrogens is 210 g/mol. The lowest BCUT2D eigenvalue weighted by molar-refractivity contribution is 0.0513. The van der Waals surface area contributed by atoms with Gasteiger partial charge in [0, 0.05) is 5.56 Å². The van der Waals surface area contributed by atoms with Crippen molar-refractivity contribution in [1.82, 2.24) is 5.16 Å². The number of esters is 1. The first-order chi connectivity index (χ1) is 7.61. The van der Waals surface area contributed by atoms with Gasteiger partial charge in [0.25, 0.3) is 0 Å². The van der Waals surface area contributed by atoms with Gasteiger partial charge < -0.3 is 14.4 Å². The van der Waals surface area contributed by atoms with E-state index in [0.29, 0.717) is 12.0 Å². The fourth-order valence-electron chi connectivity index (χ4n) is 1.31. The highest BCUT2D eigenvalue weighted by Gasteiger charge is 2.23. The van der Waals surface area contributed by atoms with Crippen molar-refractivity contribution in [2.45, 2.75) is 26.4 Å². The third-order valence-electron chi connectivity index (χ3n) is 2.12. The van der Waals surface area contributed by atoms with Crippen LogP contribution >= 0.6 is 0 Å². The van der Waals surface area contributed by atoms with Crippen LogP contribution in [0.5, 0.6) is 0 Å². The molecule has 1 rings (SSSR count). The van der Waals surface area contributed by atoms with Gasteiger partial charge in [-0.1, -0.05) is 11.2 Å². The summed E-state index contributed by atoms with van der Waals surface area (Å²) >= 11 is 0. The number of hydrogen-bond donors (Lipinski definition) is 1. The summed E-state index contributed by atoms with van der Waals surface area (Å²) in [4.78, 5) is 11.4. The molecule has 0 radical (unpaired) electrons. The van der Waals surface area contributed by atoms with Gasteiger partial charge in [0.05, 0.1) is 6.61 Å². The normalized spacial score (nSPS) is 12.2. The number of hydrogen-bond acceptors (Lipinski definition) is 5. The number of aliphatic hydroxyl groups excluding tert-OH is 1. The summed E-state index contributed by atoms with van der Waals surface area (Å²) in [5.41, 5.74) is 0.618. The molecule has 1 heterocycles. The third kappa shape index (κ3) is 2.49. The van der Waals surface area contributed by atoms with Gasteiger partial charge in [0.15, 0.2) is 11.5 Å². The minimum atomic E-state index is -0.826. The van der Waals surface area contributed by atoms with Crippen LogP contribution in [0.2, 0.25) is 0 Å². The Kier molecular flexibility index (Phi) is 4.25. The zero-order valence-electron chi connectivity index (χ0n) is 9.40. The van der Waals surface area contributed by atoms with E-state index >= 15 is 0 Å². The second-order valence-corrected chi connectivity index (χ2v) is 3.28. The van der Waals surface area contributed by atoms with Gasteiger partial charge in [0.2, 0.25) is 0 Å². The van der Waals surface area contributed by atoms with Crippen LogP contribution in [-0.4, -0.2) is 22.8 Å². The molecule has 1 N–H and O–H groups in total. The Bertz CT molecular complexity index is 383. The monoisotopic (exact) mass is 225 g/mol. The van der Waals surface area contributed by atoms with Gasteiger partial charge in [-0.3, -0.25) is 0 Å². The van der Waals surface area contributed by atoms with Crippen molar-refractivity contribution in [3.63, 3.8) is 0 Å². The predicted molar refractivity (Wildman–Crippen MR) is 57.0 cm³/mol. The second kappa shape index (κ2) is 5.46. The summed E-state index contributed by atoms with van der Waals surface area (Å²) in [6, 6.07) is 0. The predicted octanol–water partition coefficient (Wildman–Crippen LogP) is 1.77. The van der Waals surface area contributed by atoms with Crippen molar-refractivity contribution in [1.29, 1.82) is 0 Å². The van der Waals surface area contributed by atoms with Crippen LogP contribution in [0.15, 0.2) is 17.2 Å². The maximum Gasteiger partial charge on any atom is 0.360 e. The second-order valence-electron chi connectivity index (χ2n) is 3.28. The molecule has 1 atom stereocenters. The molecule has 0 amide bonds. The molecule has 16 heavy (non-hydrogen) atoms. The molecular formula is C11H15NO4. The lowest BCUT2D eigenvalue weighted by Crippen LogP contribution is -2.07. The Morgan fingerprint density at radius 3 is 3.00 bits per heavy atom. The third-order valence-corrected chi connectivity index (χ3v) is 2.12. The molecule has 0 aliphatic carbocycles. The summed E-state index contributed by atoms with van der Waals surface area (Å²) in [7, 11) is 0. The van der Waals surface area contributed by atoms with Crippen molar-refractivity contribution in [2.75, 3.05) is 6.61 Å². The fourth-order valence-corrected chi connectivity index (χ4v) is 1.31. The van der Waals surface area contributed by atoms with Crippen LogP contribution < -0.4 is 0 Å². The van der Waals surface area contributed by atoms with Crippen molar-refractivity contribution in [3.05, 3.63) is 29.7 Å². The zero-order chi connectivity index (χ0) is 12.1. The topological polar surface area (TPSA) is 72.6 Å². The minimum Gasteiger partial charge on any atom is -0.461 e. The molecule has 88 valence electrons. The van der Waals surface area contributed by atoms with Gasteiger partial charge in [0.1, 0.15) is 6.10 Å². The summed E-state index contributed by atoms with van der Waals surface area (Å²) in [5, 5.41) is 13.3. The molecule has 0 aliphatic rings. The zero-order valence-corrected chi connectivity index (χ0v) is 9.40. The lowest BCUT2D eigenvalue weighted by Gasteiger charge is -2.03. The average molecular weight is 225 g/mol. The Balaban J connectivity index is 2.91. The van der Waals surface area contributed by atoms with Crippen molar-refractivity contribution >= 4 is 5.97 Å². The van der Waals surface area contributed by atoms with E-state index in [0.717, 1.165) is 0 Å². The smallest absolute Gasteiger partial charge is 0.360 e. The van der Waals surface area contributed by atoms with Crippen LogP contribution in [0.25, 0.3) is 0 Å². The summed E-state index contributed by atoms with van der Waals surface area (Å²) < 4.78 is 9.73. The molecule has 0 fully saturated rings. The lowest BCUT2D eigenvalue weighted by atomic mass is 10.1. The Morgan fingerprint density at radius 2 is 2.44 bits per heavy atom. The number of rotatable bonds is 5. The maximum absolute atomic E-state index is 11.4. The van der Waals surface area contributed by atoms with Crippen LogP contribution in [0.4, 0.5) is 0 Å². The number of ether oxygens (including phenoxy) is 1. The standard InChI is InChI=1S/C11H15NO4/c1-4-6-8(13)10-7(3)9(12-16-10)11(14)15-5-2/h4,8,13H,1,5-6H2,2-3H3/t8-/m1/s1. The van der Waals surface area contributed by atoms with Gasteiger partial charge in [-0.15, -0.1) is 6.58 Å². The molecule has 1 aromatic rings. The first kappa shape index (κ1) is 12.4. The van der Waals surface area contributed by atoms with Gasteiger partial charge in [-0.2, -0.15) is 0 Å². The molecule has 0 aliphatic heterocycles. The van der Waals surface area contributed by atoms with Gasteiger partial charge >= 0.3 is 5.97 Å². The Hall–Kier alpha value is -1.62.